The van der Waals surface area contributed by atoms with Crippen LogP contribution in [0.25, 0.3) is 0 Å². The largest absolute Gasteiger partial charge is 0.350 e. The SMILES string of the molecule is CCCCCCCC/C=C\CCCCCCC[C@@H]1OCC(COP(O)(O)=S)O1. The number of ether oxygens (including phenoxy) is 2. The van der Waals surface area contributed by atoms with Crippen LogP contribution in [0.4, 0.5) is 0 Å². The number of allylic oxidation sites excluding steroid dienone is 2. The van der Waals surface area contributed by atoms with Crippen LogP contribution < -0.4 is 0 Å². The van der Waals surface area contributed by atoms with Gasteiger partial charge in [-0.25, -0.2) is 0 Å². The smallest absolute Gasteiger partial charge is 0.321 e. The predicted molar refractivity (Wildman–Crippen MR) is 119 cm³/mol. The van der Waals surface area contributed by atoms with Crippen molar-refractivity contribution < 1.29 is 23.8 Å². The third-order valence-corrected chi connectivity index (χ3v) is 5.74. The molecule has 0 aromatic rings. The lowest BCUT2D eigenvalue weighted by Crippen LogP contribution is -2.18. The Kier molecular flexibility index (Phi) is 15.9. The zero-order valence-electron chi connectivity index (χ0n) is 17.6. The van der Waals surface area contributed by atoms with Crippen LogP contribution in [-0.2, 0) is 25.8 Å². The van der Waals surface area contributed by atoms with Crippen molar-refractivity contribution in [3.05, 3.63) is 12.2 Å². The fraction of sp³-hybridized carbons (Fsp3) is 0.905. The molecule has 0 radical (unpaired) electrons. The van der Waals surface area contributed by atoms with E-state index in [-0.39, 0.29) is 19.0 Å². The highest BCUT2D eigenvalue weighted by molar-refractivity contribution is 8.06. The van der Waals surface area contributed by atoms with Crippen molar-refractivity contribution in [2.24, 2.45) is 0 Å². The Morgan fingerprint density at radius 3 is 2.11 bits per heavy atom. The highest BCUT2D eigenvalue weighted by Gasteiger charge is 2.27. The number of hydrogen-bond donors (Lipinski definition) is 2. The minimum Gasteiger partial charge on any atom is -0.350 e. The lowest BCUT2D eigenvalue weighted by atomic mass is 10.1. The van der Waals surface area contributed by atoms with Crippen LogP contribution in [0.3, 0.4) is 0 Å². The number of unbranched alkanes of at least 4 members (excludes halogenated alkanes) is 11. The molecule has 0 aliphatic carbocycles. The molecule has 166 valence electrons. The molecule has 0 spiro atoms. The van der Waals surface area contributed by atoms with E-state index in [0.29, 0.717) is 6.61 Å². The third-order valence-electron chi connectivity index (χ3n) is 4.94. The summed E-state index contributed by atoms with van der Waals surface area (Å²) in [6.07, 6.45) is 21.9. The maximum atomic E-state index is 9.05. The standard InChI is InChI=1S/C21H41O5PS/c1-2-3-4-5-6-7-8-9-10-11-12-13-14-15-16-17-21-24-18-20(26-21)19-25-27(22,23)28/h9-10,20-21H,2-8,11-19H2,1H3,(H2,22,23,28)/b10-9-/t20?,21-/m1/s1. The van der Waals surface area contributed by atoms with Crippen molar-refractivity contribution in [2.75, 3.05) is 13.2 Å². The lowest BCUT2D eigenvalue weighted by Gasteiger charge is -2.13. The maximum Gasteiger partial charge on any atom is 0.321 e. The van der Waals surface area contributed by atoms with Crippen molar-refractivity contribution in [3.8, 4) is 0 Å². The molecule has 1 aliphatic rings. The molecular formula is C21H41O5PS. The topological polar surface area (TPSA) is 68.2 Å². The van der Waals surface area contributed by atoms with Gasteiger partial charge in [0.1, 0.15) is 6.10 Å². The average molecular weight is 437 g/mol. The van der Waals surface area contributed by atoms with Gasteiger partial charge in [0.2, 0.25) is 0 Å². The summed E-state index contributed by atoms with van der Waals surface area (Å²) in [7, 11) is 0. The Labute approximate surface area is 177 Å². The van der Waals surface area contributed by atoms with Crippen LogP contribution in [0.5, 0.6) is 0 Å². The summed E-state index contributed by atoms with van der Waals surface area (Å²) in [4.78, 5) is 18.1. The monoisotopic (exact) mass is 436 g/mol. The molecule has 1 fully saturated rings. The van der Waals surface area contributed by atoms with Crippen molar-refractivity contribution >= 4 is 18.5 Å². The molecule has 7 heteroatoms. The molecule has 0 aromatic carbocycles. The molecule has 0 saturated carbocycles. The van der Waals surface area contributed by atoms with E-state index in [4.69, 9.17) is 23.8 Å². The second kappa shape index (κ2) is 16.9. The maximum absolute atomic E-state index is 9.05. The number of rotatable bonds is 18. The van der Waals surface area contributed by atoms with E-state index >= 15 is 0 Å². The molecule has 2 N–H and O–H groups in total. The van der Waals surface area contributed by atoms with E-state index < -0.39 is 6.72 Å². The lowest BCUT2D eigenvalue weighted by molar-refractivity contribution is -0.0691. The van der Waals surface area contributed by atoms with Gasteiger partial charge in [-0.2, -0.15) is 0 Å². The normalized spacial score (nSPS) is 20.4. The van der Waals surface area contributed by atoms with Gasteiger partial charge in [0, 0.05) is 0 Å². The van der Waals surface area contributed by atoms with Crippen molar-refractivity contribution in [2.45, 2.75) is 109 Å². The van der Waals surface area contributed by atoms with Crippen molar-refractivity contribution in [1.29, 1.82) is 0 Å². The van der Waals surface area contributed by atoms with Gasteiger partial charge in [0.25, 0.3) is 0 Å². The average Bonchev–Trinajstić information content (AvgIpc) is 3.10. The molecule has 0 aromatic heterocycles. The fourth-order valence-corrected chi connectivity index (χ4v) is 3.85. The summed E-state index contributed by atoms with van der Waals surface area (Å²) in [5.41, 5.74) is 0. The minimum absolute atomic E-state index is 0.0765. The molecule has 0 amide bonds. The zero-order valence-corrected chi connectivity index (χ0v) is 19.3. The van der Waals surface area contributed by atoms with Gasteiger partial charge in [-0.05, 0) is 50.3 Å². The van der Waals surface area contributed by atoms with Gasteiger partial charge < -0.3 is 23.8 Å². The van der Waals surface area contributed by atoms with Gasteiger partial charge in [0.05, 0.1) is 13.2 Å². The Bertz CT molecular complexity index is 441. The second-order valence-corrected chi connectivity index (χ2v) is 10.3. The highest BCUT2D eigenvalue weighted by atomic mass is 32.5. The minimum atomic E-state index is -3.60. The fourth-order valence-electron chi connectivity index (χ4n) is 3.31. The van der Waals surface area contributed by atoms with E-state index in [2.05, 4.69) is 30.9 Å². The molecule has 28 heavy (non-hydrogen) atoms. The predicted octanol–water partition coefficient (Wildman–Crippen LogP) is 5.99. The first-order valence-electron chi connectivity index (χ1n) is 11.1. The Hall–Kier alpha value is 0.190. The summed E-state index contributed by atoms with van der Waals surface area (Å²) in [6, 6.07) is 0. The summed E-state index contributed by atoms with van der Waals surface area (Å²) in [6.45, 7) is -0.837. The van der Waals surface area contributed by atoms with E-state index in [1.165, 1.54) is 77.0 Å². The van der Waals surface area contributed by atoms with Gasteiger partial charge in [-0.3, -0.25) is 0 Å². The molecule has 1 heterocycles. The first kappa shape index (κ1) is 26.2. The van der Waals surface area contributed by atoms with Crippen LogP contribution in [0.2, 0.25) is 0 Å². The van der Waals surface area contributed by atoms with Crippen LogP contribution in [0.1, 0.15) is 96.8 Å². The van der Waals surface area contributed by atoms with Crippen LogP contribution in [0.15, 0.2) is 12.2 Å². The molecule has 5 nitrogen and oxygen atoms in total. The van der Waals surface area contributed by atoms with Crippen LogP contribution in [0, 0.1) is 0 Å². The van der Waals surface area contributed by atoms with Crippen LogP contribution in [-0.4, -0.2) is 35.4 Å². The molecule has 1 rings (SSSR count). The quantitative estimate of drug-likeness (QED) is 0.156. The van der Waals surface area contributed by atoms with Crippen LogP contribution >= 0.6 is 6.72 Å². The van der Waals surface area contributed by atoms with E-state index in [1.54, 1.807) is 0 Å². The third kappa shape index (κ3) is 16.0. The first-order chi connectivity index (χ1) is 13.5. The molecular weight excluding hydrogens is 395 g/mol. The van der Waals surface area contributed by atoms with E-state index in [0.717, 1.165) is 12.8 Å². The van der Waals surface area contributed by atoms with E-state index in [9.17, 15) is 0 Å². The van der Waals surface area contributed by atoms with Crippen molar-refractivity contribution in [3.63, 3.8) is 0 Å². The summed E-state index contributed by atoms with van der Waals surface area (Å²) < 4.78 is 16.0. The Balaban J connectivity index is 1.83. The molecule has 1 unspecified atom stereocenters. The second-order valence-electron chi connectivity index (χ2n) is 7.68. The summed E-state index contributed by atoms with van der Waals surface area (Å²) in [5, 5.41) is 0. The molecule has 1 aliphatic heterocycles. The van der Waals surface area contributed by atoms with Gasteiger partial charge in [0.15, 0.2) is 6.29 Å². The van der Waals surface area contributed by atoms with Crippen molar-refractivity contribution in [1.82, 2.24) is 0 Å². The van der Waals surface area contributed by atoms with Gasteiger partial charge in [-0.15, -0.1) is 0 Å². The molecule has 0 bridgehead atoms. The molecule has 1 saturated heterocycles. The highest BCUT2D eigenvalue weighted by Crippen LogP contribution is 2.37. The summed E-state index contributed by atoms with van der Waals surface area (Å²) >= 11 is 4.42. The van der Waals surface area contributed by atoms with Gasteiger partial charge in [-0.1, -0.05) is 70.4 Å². The Morgan fingerprint density at radius 1 is 0.929 bits per heavy atom. The zero-order chi connectivity index (χ0) is 20.5. The van der Waals surface area contributed by atoms with Gasteiger partial charge >= 0.3 is 6.72 Å². The number of hydrogen-bond acceptors (Lipinski definition) is 4. The Morgan fingerprint density at radius 2 is 1.50 bits per heavy atom. The molecule has 2 atom stereocenters. The first-order valence-corrected chi connectivity index (χ1v) is 13.8. The summed E-state index contributed by atoms with van der Waals surface area (Å²) in [5.74, 6) is 0. The van der Waals surface area contributed by atoms with E-state index in [1.807, 2.05) is 0 Å².